The normalized spacial score (nSPS) is 35.5. The molecule has 0 aromatic carbocycles. The fourth-order valence-corrected chi connectivity index (χ4v) is 2.41. The number of rotatable bonds is 1. The monoisotopic (exact) mass is 225 g/mol. The highest BCUT2D eigenvalue weighted by Gasteiger charge is 2.36. The first-order valence-electron chi connectivity index (χ1n) is 6.02. The Labute approximate surface area is 95.9 Å². The Balaban J connectivity index is 1.97. The van der Waals surface area contributed by atoms with Gasteiger partial charge in [0.25, 0.3) is 5.91 Å². The summed E-state index contributed by atoms with van der Waals surface area (Å²) in [5.41, 5.74) is 0. The summed E-state index contributed by atoms with van der Waals surface area (Å²) in [6.45, 7) is 5.74. The van der Waals surface area contributed by atoms with E-state index in [1.165, 1.54) is 0 Å². The van der Waals surface area contributed by atoms with Gasteiger partial charge in [0, 0.05) is 32.0 Å². The second-order valence-electron chi connectivity index (χ2n) is 4.96. The van der Waals surface area contributed by atoms with E-state index in [0.29, 0.717) is 32.0 Å². The van der Waals surface area contributed by atoms with E-state index in [4.69, 9.17) is 4.74 Å². The van der Waals surface area contributed by atoms with Crippen molar-refractivity contribution < 1.29 is 14.3 Å². The molecular weight excluding hydrogens is 206 g/mol. The van der Waals surface area contributed by atoms with Gasteiger partial charge in [-0.3, -0.25) is 9.59 Å². The van der Waals surface area contributed by atoms with Crippen LogP contribution in [0.1, 0.15) is 26.7 Å². The van der Waals surface area contributed by atoms with Crippen LogP contribution in [-0.2, 0) is 14.3 Å². The predicted octanol–water partition coefficient (Wildman–Crippen LogP) is 0.849. The Morgan fingerprint density at radius 1 is 1.44 bits per heavy atom. The molecule has 0 N–H and O–H groups in total. The third-order valence-corrected chi connectivity index (χ3v) is 3.61. The molecule has 2 rings (SSSR count). The molecule has 0 aliphatic carbocycles. The topological polar surface area (TPSA) is 46.6 Å². The van der Waals surface area contributed by atoms with Crippen molar-refractivity contribution in [3.05, 3.63) is 0 Å². The van der Waals surface area contributed by atoms with E-state index in [0.717, 1.165) is 6.42 Å². The minimum atomic E-state index is -0.277. The third kappa shape index (κ3) is 2.12. The number of Topliss-reactive ketones (excluding diaryl/α,β-unsaturated/α-hetero) is 1. The molecule has 16 heavy (non-hydrogen) atoms. The van der Waals surface area contributed by atoms with E-state index >= 15 is 0 Å². The van der Waals surface area contributed by atoms with Crippen molar-refractivity contribution >= 4 is 11.7 Å². The highest BCUT2D eigenvalue weighted by Crippen LogP contribution is 2.23. The van der Waals surface area contributed by atoms with Crippen LogP contribution in [0.25, 0.3) is 0 Å². The van der Waals surface area contributed by atoms with Crippen molar-refractivity contribution in [2.75, 3.05) is 19.7 Å². The van der Waals surface area contributed by atoms with Gasteiger partial charge in [-0.05, 0) is 12.3 Å². The maximum Gasteiger partial charge on any atom is 0.252 e. The van der Waals surface area contributed by atoms with Crippen LogP contribution in [-0.4, -0.2) is 42.4 Å². The fourth-order valence-electron chi connectivity index (χ4n) is 2.41. The zero-order valence-corrected chi connectivity index (χ0v) is 9.94. The maximum atomic E-state index is 12.2. The van der Waals surface area contributed by atoms with E-state index in [1.54, 1.807) is 4.90 Å². The van der Waals surface area contributed by atoms with Gasteiger partial charge in [0.05, 0.1) is 0 Å². The van der Waals surface area contributed by atoms with E-state index in [9.17, 15) is 9.59 Å². The Morgan fingerprint density at radius 3 is 2.75 bits per heavy atom. The number of piperidine rings is 1. The summed E-state index contributed by atoms with van der Waals surface area (Å²) in [4.78, 5) is 25.3. The van der Waals surface area contributed by atoms with Crippen LogP contribution in [0, 0.1) is 11.8 Å². The van der Waals surface area contributed by atoms with Gasteiger partial charge in [0.1, 0.15) is 11.9 Å². The summed E-state index contributed by atoms with van der Waals surface area (Å²) in [5, 5.41) is 0. The average molecular weight is 225 g/mol. The lowest BCUT2D eigenvalue weighted by atomic mass is 9.96. The van der Waals surface area contributed by atoms with Crippen LogP contribution in [0.5, 0.6) is 0 Å². The largest absolute Gasteiger partial charge is 0.368 e. The number of hydrogen-bond acceptors (Lipinski definition) is 3. The highest BCUT2D eigenvalue weighted by molar-refractivity contribution is 5.86. The predicted molar refractivity (Wildman–Crippen MR) is 58.9 cm³/mol. The van der Waals surface area contributed by atoms with Crippen LogP contribution in [0.3, 0.4) is 0 Å². The molecule has 0 spiro atoms. The summed E-state index contributed by atoms with van der Waals surface area (Å²) in [6, 6.07) is 0. The standard InChI is InChI=1S/C12H19NO3/c1-8-4-6-16-11(8)12(15)13-5-3-10(14)9(2)7-13/h8-9,11H,3-7H2,1-2H3. The molecule has 0 bridgehead atoms. The lowest BCUT2D eigenvalue weighted by Gasteiger charge is -2.32. The summed E-state index contributed by atoms with van der Waals surface area (Å²) in [7, 11) is 0. The Morgan fingerprint density at radius 2 is 2.19 bits per heavy atom. The van der Waals surface area contributed by atoms with Crippen molar-refractivity contribution in [2.45, 2.75) is 32.8 Å². The van der Waals surface area contributed by atoms with Gasteiger partial charge in [-0.15, -0.1) is 0 Å². The summed E-state index contributed by atoms with van der Waals surface area (Å²) in [5.74, 6) is 0.628. The van der Waals surface area contributed by atoms with Crippen molar-refractivity contribution in [3.63, 3.8) is 0 Å². The number of hydrogen-bond donors (Lipinski definition) is 0. The number of ether oxygens (including phenoxy) is 1. The summed E-state index contributed by atoms with van der Waals surface area (Å²) in [6.07, 6.45) is 1.17. The van der Waals surface area contributed by atoms with Crippen LogP contribution in [0.2, 0.25) is 0 Å². The zero-order valence-electron chi connectivity index (χ0n) is 9.94. The van der Waals surface area contributed by atoms with Crippen LogP contribution in [0.15, 0.2) is 0 Å². The molecule has 0 aromatic rings. The number of amides is 1. The molecule has 0 radical (unpaired) electrons. The maximum absolute atomic E-state index is 12.2. The zero-order chi connectivity index (χ0) is 11.7. The molecule has 3 atom stereocenters. The molecule has 2 aliphatic heterocycles. The number of likely N-dealkylation sites (tertiary alicyclic amines) is 1. The molecular formula is C12H19NO3. The molecule has 0 saturated carbocycles. The van der Waals surface area contributed by atoms with Crippen LogP contribution < -0.4 is 0 Å². The van der Waals surface area contributed by atoms with Gasteiger partial charge in [0.15, 0.2) is 0 Å². The molecule has 2 aliphatic rings. The lowest BCUT2D eigenvalue weighted by Crippen LogP contribution is -2.48. The number of carbonyl (C=O) groups excluding carboxylic acids is 2. The minimum Gasteiger partial charge on any atom is -0.368 e. The lowest BCUT2D eigenvalue weighted by molar-refractivity contribution is -0.146. The molecule has 4 heteroatoms. The first-order chi connectivity index (χ1) is 7.59. The molecule has 0 aromatic heterocycles. The first-order valence-corrected chi connectivity index (χ1v) is 6.02. The van der Waals surface area contributed by atoms with E-state index in [2.05, 4.69) is 0 Å². The Hall–Kier alpha value is -0.900. The second-order valence-corrected chi connectivity index (χ2v) is 4.96. The first kappa shape index (κ1) is 11.6. The van der Waals surface area contributed by atoms with E-state index < -0.39 is 0 Å². The number of ketones is 1. The molecule has 2 fully saturated rings. The van der Waals surface area contributed by atoms with Crippen molar-refractivity contribution in [1.82, 2.24) is 4.90 Å². The molecule has 2 heterocycles. The van der Waals surface area contributed by atoms with Gasteiger partial charge in [-0.1, -0.05) is 13.8 Å². The van der Waals surface area contributed by atoms with Gasteiger partial charge in [-0.2, -0.15) is 0 Å². The Kier molecular flexibility index (Phi) is 3.28. The third-order valence-electron chi connectivity index (χ3n) is 3.61. The SMILES string of the molecule is CC1CN(C(=O)C2OCCC2C)CCC1=O. The molecule has 90 valence electrons. The van der Waals surface area contributed by atoms with Gasteiger partial charge < -0.3 is 9.64 Å². The summed E-state index contributed by atoms with van der Waals surface area (Å²) >= 11 is 0. The average Bonchev–Trinajstić information content (AvgIpc) is 2.67. The molecule has 4 nitrogen and oxygen atoms in total. The molecule has 2 saturated heterocycles. The summed E-state index contributed by atoms with van der Waals surface area (Å²) < 4.78 is 5.47. The van der Waals surface area contributed by atoms with Crippen molar-refractivity contribution in [3.8, 4) is 0 Å². The molecule has 1 amide bonds. The smallest absolute Gasteiger partial charge is 0.252 e. The number of carbonyl (C=O) groups is 2. The minimum absolute atomic E-state index is 0.0191. The van der Waals surface area contributed by atoms with Gasteiger partial charge in [0.2, 0.25) is 0 Å². The number of nitrogens with zero attached hydrogens (tertiary/aromatic N) is 1. The van der Waals surface area contributed by atoms with Crippen molar-refractivity contribution in [1.29, 1.82) is 0 Å². The molecule has 3 unspecified atom stereocenters. The van der Waals surface area contributed by atoms with Gasteiger partial charge in [-0.25, -0.2) is 0 Å². The Bertz CT molecular complexity index is 303. The van der Waals surface area contributed by atoms with E-state index in [1.807, 2.05) is 13.8 Å². The van der Waals surface area contributed by atoms with Crippen LogP contribution in [0.4, 0.5) is 0 Å². The quantitative estimate of drug-likeness (QED) is 0.664. The second kappa shape index (κ2) is 4.53. The van der Waals surface area contributed by atoms with Crippen LogP contribution >= 0.6 is 0 Å². The van der Waals surface area contributed by atoms with E-state index in [-0.39, 0.29) is 23.7 Å². The fraction of sp³-hybridized carbons (Fsp3) is 0.833. The van der Waals surface area contributed by atoms with Crippen molar-refractivity contribution in [2.24, 2.45) is 11.8 Å². The highest BCUT2D eigenvalue weighted by atomic mass is 16.5. The van der Waals surface area contributed by atoms with Gasteiger partial charge >= 0.3 is 0 Å².